The molecule has 0 radical (unpaired) electrons. The molecule has 0 bridgehead atoms. The normalized spacial score (nSPS) is 23.7. The highest BCUT2D eigenvalue weighted by Crippen LogP contribution is 2.27. The van der Waals surface area contributed by atoms with E-state index in [1.807, 2.05) is 16.9 Å². The highest BCUT2D eigenvalue weighted by Gasteiger charge is 2.24. The first kappa shape index (κ1) is 18.4. The molecule has 0 unspecified atom stereocenters. The molecule has 2 aromatic rings. The SMILES string of the molecule is C[C@H]1CCCCN1CC(=O)NCCn1nc([C@@H]2CCNC2)c2cccnc21. The lowest BCUT2D eigenvalue weighted by molar-refractivity contribution is -0.123. The van der Waals surface area contributed by atoms with Crippen molar-refractivity contribution in [2.75, 3.05) is 32.7 Å². The van der Waals surface area contributed by atoms with Crippen molar-refractivity contribution in [3.63, 3.8) is 0 Å². The molecule has 1 amide bonds. The van der Waals surface area contributed by atoms with Gasteiger partial charge >= 0.3 is 0 Å². The molecular weight excluding hydrogens is 340 g/mol. The standard InChI is InChI=1S/C20H30N6O/c1-15-5-2-3-11-25(15)14-18(27)22-10-12-26-20-17(6-4-8-23-20)19(24-26)16-7-9-21-13-16/h4,6,8,15-16,21H,2-3,5,7,9-14H2,1H3,(H,22,27)/t15-,16+/m0/s1. The van der Waals surface area contributed by atoms with Crippen LogP contribution < -0.4 is 10.6 Å². The Labute approximate surface area is 160 Å². The van der Waals surface area contributed by atoms with Crippen LogP contribution in [-0.2, 0) is 11.3 Å². The number of carbonyl (C=O) groups is 1. The quantitative estimate of drug-likeness (QED) is 0.806. The van der Waals surface area contributed by atoms with Crippen LogP contribution in [0.2, 0.25) is 0 Å². The molecule has 2 atom stereocenters. The van der Waals surface area contributed by atoms with E-state index < -0.39 is 0 Å². The highest BCUT2D eigenvalue weighted by molar-refractivity contribution is 5.79. The largest absolute Gasteiger partial charge is 0.353 e. The van der Waals surface area contributed by atoms with Gasteiger partial charge in [-0.2, -0.15) is 5.10 Å². The second-order valence-electron chi connectivity index (χ2n) is 7.84. The summed E-state index contributed by atoms with van der Waals surface area (Å²) >= 11 is 0. The Morgan fingerprint density at radius 2 is 2.30 bits per heavy atom. The minimum absolute atomic E-state index is 0.105. The fourth-order valence-electron chi connectivity index (χ4n) is 4.31. The van der Waals surface area contributed by atoms with E-state index in [1.54, 1.807) is 0 Å². The van der Waals surface area contributed by atoms with Crippen LogP contribution in [0.5, 0.6) is 0 Å². The van der Waals surface area contributed by atoms with Crippen LogP contribution in [0.1, 0.15) is 44.2 Å². The van der Waals surface area contributed by atoms with E-state index in [1.165, 1.54) is 19.3 Å². The Morgan fingerprint density at radius 3 is 3.11 bits per heavy atom. The highest BCUT2D eigenvalue weighted by atomic mass is 16.2. The zero-order valence-electron chi connectivity index (χ0n) is 16.2. The van der Waals surface area contributed by atoms with Crippen LogP contribution in [0.25, 0.3) is 11.0 Å². The van der Waals surface area contributed by atoms with Crippen molar-refractivity contribution in [1.82, 2.24) is 30.3 Å². The number of hydrogen-bond donors (Lipinski definition) is 2. The van der Waals surface area contributed by atoms with Crippen molar-refractivity contribution in [1.29, 1.82) is 0 Å². The molecule has 7 nitrogen and oxygen atoms in total. The number of amides is 1. The molecule has 27 heavy (non-hydrogen) atoms. The van der Waals surface area contributed by atoms with E-state index in [0.29, 0.717) is 31.6 Å². The van der Waals surface area contributed by atoms with E-state index in [2.05, 4.69) is 33.5 Å². The fraction of sp³-hybridized carbons (Fsp3) is 0.650. The van der Waals surface area contributed by atoms with Gasteiger partial charge in [0.2, 0.25) is 5.91 Å². The third-order valence-corrected chi connectivity index (χ3v) is 5.92. The lowest BCUT2D eigenvalue weighted by Crippen LogP contribution is -2.44. The van der Waals surface area contributed by atoms with Gasteiger partial charge in [-0.1, -0.05) is 6.42 Å². The van der Waals surface area contributed by atoms with Crippen LogP contribution in [0, 0.1) is 0 Å². The molecule has 7 heteroatoms. The van der Waals surface area contributed by atoms with E-state index >= 15 is 0 Å². The minimum atomic E-state index is 0.105. The number of fused-ring (bicyclic) bond motifs is 1. The second-order valence-corrected chi connectivity index (χ2v) is 7.84. The van der Waals surface area contributed by atoms with E-state index in [0.717, 1.165) is 42.8 Å². The number of piperidine rings is 1. The number of nitrogens with one attached hydrogen (secondary N) is 2. The van der Waals surface area contributed by atoms with E-state index in [4.69, 9.17) is 5.10 Å². The van der Waals surface area contributed by atoms with Crippen molar-refractivity contribution in [2.45, 2.75) is 51.1 Å². The predicted octanol–water partition coefficient (Wildman–Crippen LogP) is 1.50. The molecule has 0 saturated carbocycles. The number of nitrogens with zero attached hydrogens (tertiary/aromatic N) is 4. The maximum Gasteiger partial charge on any atom is 0.234 e. The summed E-state index contributed by atoms with van der Waals surface area (Å²) in [6.07, 6.45) is 6.59. The number of aromatic nitrogens is 3. The lowest BCUT2D eigenvalue weighted by atomic mass is 10.0. The summed E-state index contributed by atoms with van der Waals surface area (Å²) in [5.41, 5.74) is 2.05. The number of likely N-dealkylation sites (tertiary alicyclic amines) is 1. The molecular formula is C20H30N6O. The third kappa shape index (κ3) is 4.14. The maximum atomic E-state index is 12.3. The molecule has 2 aromatic heterocycles. The molecule has 2 N–H and O–H groups in total. The van der Waals surface area contributed by atoms with Crippen LogP contribution in [0.3, 0.4) is 0 Å². The first-order chi connectivity index (χ1) is 13.2. The van der Waals surface area contributed by atoms with Gasteiger partial charge in [0, 0.05) is 36.6 Å². The summed E-state index contributed by atoms with van der Waals surface area (Å²) in [6, 6.07) is 4.59. The maximum absolute atomic E-state index is 12.3. The number of rotatable bonds is 6. The zero-order chi connectivity index (χ0) is 18.6. The van der Waals surface area contributed by atoms with Gasteiger partial charge in [-0.3, -0.25) is 9.69 Å². The van der Waals surface area contributed by atoms with Crippen LogP contribution >= 0.6 is 0 Å². The predicted molar refractivity (Wildman–Crippen MR) is 106 cm³/mol. The van der Waals surface area contributed by atoms with Gasteiger partial charge in [0.15, 0.2) is 5.65 Å². The fourth-order valence-corrected chi connectivity index (χ4v) is 4.31. The first-order valence-corrected chi connectivity index (χ1v) is 10.3. The molecule has 0 aliphatic carbocycles. The smallest absolute Gasteiger partial charge is 0.234 e. The summed E-state index contributed by atoms with van der Waals surface area (Å²) < 4.78 is 1.95. The molecule has 2 aliphatic rings. The number of hydrogen-bond acceptors (Lipinski definition) is 5. The van der Waals surface area contributed by atoms with Crippen molar-refractivity contribution >= 4 is 16.9 Å². The summed E-state index contributed by atoms with van der Waals surface area (Å²) in [4.78, 5) is 19.1. The first-order valence-electron chi connectivity index (χ1n) is 10.3. The number of carbonyl (C=O) groups excluding carboxylic acids is 1. The summed E-state index contributed by atoms with van der Waals surface area (Å²) in [7, 11) is 0. The van der Waals surface area contributed by atoms with Crippen molar-refractivity contribution in [2.24, 2.45) is 0 Å². The van der Waals surface area contributed by atoms with Crippen molar-refractivity contribution in [3.8, 4) is 0 Å². The molecule has 2 fully saturated rings. The third-order valence-electron chi connectivity index (χ3n) is 5.92. The van der Waals surface area contributed by atoms with Crippen molar-refractivity contribution in [3.05, 3.63) is 24.0 Å². The average Bonchev–Trinajstić information content (AvgIpc) is 3.32. The Morgan fingerprint density at radius 1 is 1.37 bits per heavy atom. The van der Waals surface area contributed by atoms with Crippen LogP contribution in [0.15, 0.2) is 18.3 Å². The molecule has 4 rings (SSSR count). The summed E-state index contributed by atoms with van der Waals surface area (Å²) in [5, 5.41) is 12.5. The average molecular weight is 371 g/mol. The van der Waals surface area contributed by atoms with Gasteiger partial charge in [-0.15, -0.1) is 0 Å². The lowest BCUT2D eigenvalue weighted by Gasteiger charge is -2.32. The summed E-state index contributed by atoms with van der Waals surface area (Å²) in [6.45, 7) is 6.99. The van der Waals surface area contributed by atoms with Gasteiger partial charge in [-0.25, -0.2) is 9.67 Å². The van der Waals surface area contributed by atoms with Crippen LogP contribution in [0.4, 0.5) is 0 Å². The molecule has 146 valence electrons. The Bertz CT molecular complexity index is 782. The molecule has 2 saturated heterocycles. The van der Waals surface area contributed by atoms with Gasteiger partial charge in [0.25, 0.3) is 0 Å². The molecule has 0 aromatic carbocycles. The van der Waals surface area contributed by atoms with Gasteiger partial charge in [0.1, 0.15) is 0 Å². The topological polar surface area (TPSA) is 75.1 Å². The van der Waals surface area contributed by atoms with E-state index in [9.17, 15) is 4.79 Å². The van der Waals surface area contributed by atoms with Gasteiger partial charge in [0.05, 0.1) is 18.8 Å². The van der Waals surface area contributed by atoms with Crippen molar-refractivity contribution < 1.29 is 4.79 Å². The minimum Gasteiger partial charge on any atom is -0.353 e. The van der Waals surface area contributed by atoms with Gasteiger partial charge < -0.3 is 10.6 Å². The Balaban J connectivity index is 1.37. The Kier molecular flexibility index (Phi) is 5.69. The van der Waals surface area contributed by atoms with Gasteiger partial charge in [-0.05, 0) is 51.4 Å². The number of pyridine rings is 1. The molecule has 0 spiro atoms. The zero-order valence-corrected chi connectivity index (χ0v) is 16.2. The van der Waals surface area contributed by atoms with Crippen LogP contribution in [-0.4, -0.2) is 64.3 Å². The monoisotopic (exact) mass is 370 g/mol. The summed E-state index contributed by atoms with van der Waals surface area (Å²) in [5.74, 6) is 0.557. The second kappa shape index (κ2) is 8.35. The molecule has 2 aliphatic heterocycles. The Hall–Kier alpha value is -1.99. The van der Waals surface area contributed by atoms with E-state index in [-0.39, 0.29) is 5.91 Å². The molecule has 4 heterocycles.